The minimum absolute atomic E-state index is 0.0665. The van der Waals surface area contributed by atoms with Gasteiger partial charge in [-0.15, -0.1) is 11.3 Å². The number of anilines is 1. The van der Waals surface area contributed by atoms with Crippen LogP contribution in [0, 0.1) is 0 Å². The average Bonchev–Trinajstić information content (AvgIpc) is 3.08. The molecule has 3 aromatic heterocycles. The lowest BCUT2D eigenvalue weighted by Gasteiger charge is -2.06. The third kappa shape index (κ3) is 2.89. The van der Waals surface area contributed by atoms with Crippen molar-refractivity contribution in [2.24, 2.45) is 0 Å². The summed E-state index contributed by atoms with van der Waals surface area (Å²) in [5.41, 5.74) is 9.11. The zero-order valence-electron chi connectivity index (χ0n) is 13.5. The van der Waals surface area contributed by atoms with Gasteiger partial charge in [0.2, 0.25) is 0 Å². The molecule has 7 heteroatoms. The van der Waals surface area contributed by atoms with Gasteiger partial charge >= 0.3 is 0 Å². The van der Waals surface area contributed by atoms with Crippen molar-refractivity contribution in [3.63, 3.8) is 0 Å². The van der Waals surface area contributed by atoms with Gasteiger partial charge in [0.1, 0.15) is 5.02 Å². The first kappa shape index (κ1) is 16.5. The first-order chi connectivity index (χ1) is 12.6. The van der Waals surface area contributed by atoms with Crippen molar-refractivity contribution in [3.8, 4) is 11.3 Å². The topological polar surface area (TPSA) is 73.3 Å². The van der Waals surface area contributed by atoms with E-state index in [1.54, 1.807) is 24.5 Å². The maximum Gasteiger partial charge on any atom is 0.278 e. The SMILES string of the molecule is Nc1ccccc1-c1csc2nc(/C=C/c3cccnc3)c(Cl)c(=O)n12. The molecule has 4 aromatic rings. The molecule has 0 amide bonds. The standard InChI is InChI=1S/C19H13ClN4OS/c20-17-15(8-7-12-4-3-9-22-10-12)23-19-24(18(17)25)16(11-26-19)13-5-1-2-6-14(13)21/h1-11H,21H2/b8-7+. The summed E-state index contributed by atoms with van der Waals surface area (Å²) in [6.45, 7) is 0. The predicted octanol–water partition coefficient (Wildman–Crippen LogP) is 4.22. The maximum atomic E-state index is 12.8. The largest absolute Gasteiger partial charge is 0.398 e. The molecule has 0 atom stereocenters. The lowest BCUT2D eigenvalue weighted by atomic mass is 10.1. The van der Waals surface area contributed by atoms with Gasteiger partial charge in [0.05, 0.1) is 11.4 Å². The van der Waals surface area contributed by atoms with Gasteiger partial charge in [-0.3, -0.25) is 9.78 Å². The number of hydrogen-bond acceptors (Lipinski definition) is 5. The van der Waals surface area contributed by atoms with Gasteiger partial charge in [0, 0.05) is 29.0 Å². The minimum Gasteiger partial charge on any atom is -0.398 e. The molecule has 3 heterocycles. The lowest BCUT2D eigenvalue weighted by molar-refractivity contribution is 1.08. The van der Waals surface area contributed by atoms with Crippen LogP contribution in [0.25, 0.3) is 28.4 Å². The highest BCUT2D eigenvalue weighted by molar-refractivity contribution is 7.15. The van der Waals surface area contributed by atoms with Gasteiger partial charge < -0.3 is 5.73 Å². The van der Waals surface area contributed by atoms with E-state index < -0.39 is 0 Å². The van der Waals surface area contributed by atoms with Crippen molar-refractivity contribution in [3.05, 3.63) is 80.8 Å². The molecule has 0 saturated heterocycles. The Morgan fingerprint density at radius 1 is 1.15 bits per heavy atom. The summed E-state index contributed by atoms with van der Waals surface area (Å²) < 4.78 is 1.50. The van der Waals surface area contributed by atoms with E-state index in [1.165, 1.54) is 15.7 Å². The normalized spacial score (nSPS) is 11.4. The van der Waals surface area contributed by atoms with Crippen LogP contribution < -0.4 is 11.3 Å². The zero-order valence-corrected chi connectivity index (χ0v) is 15.0. The van der Waals surface area contributed by atoms with Gasteiger partial charge in [-0.2, -0.15) is 0 Å². The third-order valence-corrected chi connectivity index (χ3v) is 5.08. The quantitative estimate of drug-likeness (QED) is 0.540. The molecule has 5 nitrogen and oxygen atoms in total. The molecular formula is C19H13ClN4OS. The smallest absolute Gasteiger partial charge is 0.278 e. The number of para-hydroxylation sites is 1. The highest BCUT2D eigenvalue weighted by Gasteiger charge is 2.15. The van der Waals surface area contributed by atoms with Crippen LogP contribution in [0.1, 0.15) is 11.3 Å². The number of rotatable bonds is 3. The monoisotopic (exact) mass is 380 g/mol. The van der Waals surface area contributed by atoms with Crippen LogP contribution in [-0.2, 0) is 0 Å². The second kappa shape index (κ2) is 6.74. The number of aromatic nitrogens is 3. The number of pyridine rings is 1. The van der Waals surface area contributed by atoms with Crippen LogP contribution in [0.2, 0.25) is 5.02 Å². The van der Waals surface area contributed by atoms with Crippen molar-refractivity contribution in [2.45, 2.75) is 0 Å². The molecule has 2 N–H and O–H groups in total. The molecule has 0 aliphatic rings. The predicted molar refractivity (Wildman–Crippen MR) is 107 cm³/mol. The van der Waals surface area contributed by atoms with Crippen LogP contribution >= 0.6 is 22.9 Å². The third-order valence-electron chi connectivity index (χ3n) is 3.89. The molecule has 0 bridgehead atoms. The Balaban J connectivity index is 1.85. The molecule has 0 aliphatic carbocycles. The Morgan fingerprint density at radius 2 is 2.00 bits per heavy atom. The van der Waals surface area contributed by atoms with E-state index in [0.717, 1.165) is 11.1 Å². The Kier molecular flexibility index (Phi) is 4.28. The Labute approximate surface area is 158 Å². The molecule has 128 valence electrons. The van der Waals surface area contributed by atoms with Crippen LogP contribution in [0.15, 0.2) is 59.0 Å². The molecule has 0 unspecified atom stereocenters. The number of nitrogen functional groups attached to an aromatic ring is 1. The summed E-state index contributed by atoms with van der Waals surface area (Å²) in [4.78, 5) is 22.0. The van der Waals surface area contributed by atoms with Crippen molar-refractivity contribution in [1.82, 2.24) is 14.4 Å². The van der Waals surface area contributed by atoms with Crippen molar-refractivity contribution in [1.29, 1.82) is 0 Å². The van der Waals surface area contributed by atoms with Crippen molar-refractivity contribution < 1.29 is 0 Å². The Morgan fingerprint density at radius 3 is 2.77 bits per heavy atom. The number of fused-ring (bicyclic) bond motifs is 1. The fourth-order valence-corrected chi connectivity index (χ4v) is 3.70. The highest BCUT2D eigenvalue weighted by atomic mass is 35.5. The van der Waals surface area contributed by atoms with Crippen LogP contribution in [0.4, 0.5) is 5.69 Å². The first-order valence-electron chi connectivity index (χ1n) is 7.78. The number of nitrogens with two attached hydrogens (primary N) is 1. The maximum absolute atomic E-state index is 12.8. The number of nitrogens with zero attached hydrogens (tertiary/aromatic N) is 3. The molecule has 26 heavy (non-hydrogen) atoms. The summed E-state index contributed by atoms with van der Waals surface area (Å²) in [5.74, 6) is 0. The lowest BCUT2D eigenvalue weighted by Crippen LogP contribution is -2.16. The summed E-state index contributed by atoms with van der Waals surface area (Å²) in [5, 5.41) is 1.93. The molecule has 4 rings (SSSR count). The van der Waals surface area contributed by atoms with Crippen molar-refractivity contribution in [2.75, 3.05) is 5.73 Å². The van der Waals surface area contributed by atoms with E-state index in [2.05, 4.69) is 9.97 Å². The van der Waals surface area contributed by atoms with Gasteiger partial charge in [0.15, 0.2) is 4.96 Å². The minimum atomic E-state index is -0.318. The second-order valence-corrected chi connectivity index (χ2v) is 6.78. The molecule has 0 saturated carbocycles. The molecular weight excluding hydrogens is 368 g/mol. The van der Waals surface area contributed by atoms with Gasteiger partial charge in [-0.25, -0.2) is 9.38 Å². The summed E-state index contributed by atoms with van der Waals surface area (Å²) in [6.07, 6.45) is 6.96. The van der Waals surface area contributed by atoms with E-state index in [0.29, 0.717) is 22.0 Å². The number of halogens is 1. The van der Waals surface area contributed by atoms with Gasteiger partial charge in [-0.1, -0.05) is 41.9 Å². The number of benzene rings is 1. The van der Waals surface area contributed by atoms with Gasteiger partial charge in [0.25, 0.3) is 5.56 Å². The first-order valence-corrected chi connectivity index (χ1v) is 9.03. The molecule has 0 spiro atoms. The summed E-state index contributed by atoms with van der Waals surface area (Å²) in [6, 6.07) is 11.1. The molecule has 0 aliphatic heterocycles. The molecule has 1 aromatic carbocycles. The van der Waals surface area contributed by atoms with E-state index in [4.69, 9.17) is 17.3 Å². The number of thiazole rings is 1. The van der Waals surface area contributed by atoms with E-state index in [9.17, 15) is 4.79 Å². The zero-order chi connectivity index (χ0) is 18.1. The Bertz CT molecular complexity index is 1180. The summed E-state index contributed by atoms with van der Waals surface area (Å²) in [7, 11) is 0. The van der Waals surface area contributed by atoms with Crippen LogP contribution in [0.5, 0.6) is 0 Å². The molecule has 0 radical (unpaired) electrons. The van der Waals surface area contributed by atoms with Crippen LogP contribution in [-0.4, -0.2) is 14.4 Å². The van der Waals surface area contributed by atoms with Crippen LogP contribution in [0.3, 0.4) is 0 Å². The van der Waals surface area contributed by atoms with Gasteiger partial charge in [-0.05, 0) is 23.8 Å². The fourth-order valence-electron chi connectivity index (χ4n) is 2.62. The summed E-state index contributed by atoms with van der Waals surface area (Å²) >= 11 is 7.67. The molecule has 0 fully saturated rings. The Hall–Kier alpha value is -2.96. The average molecular weight is 381 g/mol. The van der Waals surface area contributed by atoms with E-state index in [-0.39, 0.29) is 10.6 Å². The highest BCUT2D eigenvalue weighted by Crippen LogP contribution is 2.29. The number of hydrogen-bond donors (Lipinski definition) is 1. The second-order valence-electron chi connectivity index (χ2n) is 5.56. The van der Waals surface area contributed by atoms with E-state index in [1.807, 2.05) is 41.8 Å². The van der Waals surface area contributed by atoms with Crippen molar-refractivity contribution >= 4 is 45.7 Å². The van der Waals surface area contributed by atoms with E-state index >= 15 is 0 Å². The fraction of sp³-hybridized carbons (Fsp3) is 0.